The van der Waals surface area contributed by atoms with Gasteiger partial charge in [0.25, 0.3) is 5.91 Å². The number of nitrogens with one attached hydrogen (secondary N) is 1. The minimum Gasteiger partial charge on any atom is -0.370 e. The van der Waals surface area contributed by atoms with Crippen LogP contribution in [0.25, 0.3) is 0 Å². The van der Waals surface area contributed by atoms with Crippen molar-refractivity contribution < 1.29 is 4.79 Å². The van der Waals surface area contributed by atoms with E-state index in [2.05, 4.69) is 31.1 Å². The number of pyridine rings is 1. The smallest absolute Gasteiger partial charge is 0.253 e. The number of hydrogen-bond acceptors (Lipinski definition) is 3. The molecular formula is C14H23N3O. The maximum Gasteiger partial charge on any atom is 0.253 e. The fourth-order valence-electron chi connectivity index (χ4n) is 1.85. The zero-order valence-corrected chi connectivity index (χ0v) is 11.9. The molecule has 0 aliphatic heterocycles. The van der Waals surface area contributed by atoms with Crippen LogP contribution in [0.5, 0.6) is 0 Å². The summed E-state index contributed by atoms with van der Waals surface area (Å²) in [4.78, 5) is 18.2. The minimum atomic E-state index is 0.0338. The Morgan fingerprint density at radius 2 is 2.11 bits per heavy atom. The number of rotatable bonds is 4. The van der Waals surface area contributed by atoms with Crippen LogP contribution < -0.4 is 5.32 Å². The second-order valence-corrected chi connectivity index (χ2v) is 5.68. The Hall–Kier alpha value is -1.58. The quantitative estimate of drug-likeness (QED) is 0.892. The lowest BCUT2D eigenvalue weighted by Gasteiger charge is -2.26. The Labute approximate surface area is 109 Å². The first-order valence-electron chi connectivity index (χ1n) is 6.29. The lowest BCUT2D eigenvalue weighted by molar-refractivity contribution is 0.0745. The minimum absolute atomic E-state index is 0.0338. The van der Waals surface area contributed by atoms with Crippen molar-refractivity contribution in [1.82, 2.24) is 9.88 Å². The molecule has 4 nitrogen and oxygen atoms in total. The third-order valence-electron chi connectivity index (χ3n) is 2.42. The molecule has 0 aromatic carbocycles. The van der Waals surface area contributed by atoms with Gasteiger partial charge < -0.3 is 10.2 Å². The lowest BCUT2D eigenvalue weighted by Crippen LogP contribution is -2.34. The molecule has 100 valence electrons. The van der Waals surface area contributed by atoms with E-state index in [-0.39, 0.29) is 11.3 Å². The molecule has 1 aromatic heterocycles. The van der Waals surface area contributed by atoms with Crippen LogP contribution >= 0.6 is 0 Å². The highest BCUT2D eigenvalue weighted by Gasteiger charge is 2.19. The van der Waals surface area contributed by atoms with E-state index in [1.54, 1.807) is 23.2 Å². The summed E-state index contributed by atoms with van der Waals surface area (Å²) in [5, 5.41) is 3.11. The summed E-state index contributed by atoms with van der Waals surface area (Å²) in [6, 6.07) is 3.55. The van der Waals surface area contributed by atoms with Crippen LogP contribution in [-0.2, 0) is 0 Å². The SMILES string of the molecule is CCNc1cc(C(=O)N(C)CC(C)(C)C)ccn1. The molecule has 1 amide bonds. The van der Waals surface area contributed by atoms with Gasteiger partial charge in [-0.05, 0) is 24.5 Å². The number of hydrogen-bond donors (Lipinski definition) is 1. The molecule has 0 aliphatic carbocycles. The van der Waals surface area contributed by atoms with Crippen molar-refractivity contribution in [1.29, 1.82) is 0 Å². The highest BCUT2D eigenvalue weighted by atomic mass is 16.2. The van der Waals surface area contributed by atoms with Gasteiger partial charge in [0.2, 0.25) is 0 Å². The summed E-state index contributed by atoms with van der Waals surface area (Å²) in [5.74, 6) is 0.777. The predicted octanol–water partition coefficient (Wildman–Crippen LogP) is 2.63. The molecular weight excluding hydrogens is 226 g/mol. The summed E-state index contributed by atoms with van der Waals surface area (Å²) in [6.45, 7) is 9.88. The van der Waals surface area contributed by atoms with Crippen molar-refractivity contribution in [2.45, 2.75) is 27.7 Å². The van der Waals surface area contributed by atoms with E-state index in [9.17, 15) is 4.79 Å². The van der Waals surface area contributed by atoms with Gasteiger partial charge in [0.1, 0.15) is 5.82 Å². The van der Waals surface area contributed by atoms with Gasteiger partial charge in [-0.25, -0.2) is 4.98 Å². The van der Waals surface area contributed by atoms with Crippen LogP contribution in [0.1, 0.15) is 38.1 Å². The monoisotopic (exact) mass is 249 g/mol. The molecule has 1 heterocycles. The molecule has 0 unspecified atom stereocenters. The summed E-state index contributed by atoms with van der Waals surface area (Å²) in [7, 11) is 1.83. The molecule has 18 heavy (non-hydrogen) atoms. The van der Waals surface area contributed by atoms with Crippen molar-refractivity contribution in [3.63, 3.8) is 0 Å². The van der Waals surface area contributed by atoms with Crippen LogP contribution in [-0.4, -0.2) is 35.9 Å². The van der Waals surface area contributed by atoms with Crippen molar-refractivity contribution in [2.75, 3.05) is 25.5 Å². The van der Waals surface area contributed by atoms with Gasteiger partial charge in [-0.2, -0.15) is 0 Å². The molecule has 0 radical (unpaired) electrons. The number of aromatic nitrogens is 1. The molecule has 0 saturated heterocycles. The van der Waals surface area contributed by atoms with E-state index >= 15 is 0 Å². The number of carbonyl (C=O) groups is 1. The fraction of sp³-hybridized carbons (Fsp3) is 0.571. The van der Waals surface area contributed by atoms with Crippen LogP contribution in [0.15, 0.2) is 18.3 Å². The summed E-state index contributed by atoms with van der Waals surface area (Å²) >= 11 is 0. The standard InChI is InChI=1S/C14H23N3O/c1-6-15-12-9-11(7-8-16-12)13(18)17(5)10-14(2,3)4/h7-9H,6,10H2,1-5H3,(H,15,16). The van der Waals surface area contributed by atoms with E-state index < -0.39 is 0 Å². The average molecular weight is 249 g/mol. The Kier molecular flexibility index (Phi) is 4.70. The molecule has 1 aromatic rings. The Balaban J connectivity index is 2.80. The normalized spacial score (nSPS) is 11.2. The zero-order chi connectivity index (χ0) is 13.8. The molecule has 0 fully saturated rings. The second-order valence-electron chi connectivity index (χ2n) is 5.68. The third kappa shape index (κ3) is 4.35. The van der Waals surface area contributed by atoms with E-state index in [4.69, 9.17) is 0 Å². The van der Waals surface area contributed by atoms with Gasteiger partial charge in [0.15, 0.2) is 0 Å². The summed E-state index contributed by atoms with van der Waals surface area (Å²) < 4.78 is 0. The van der Waals surface area contributed by atoms with Crippen molar-refractivity contribution in [3.8, 4) is 0 Å². The summed E-state index contributed by atoms with van der Waals surface area (Å²) in [6.07, 6.45) is 1.66. The Morgan fingerprint density at radius 1 is 1.44 bits per heavy atom. The predicted molar refractivity (Wildman–Crippen MR) is 74.8 cm³/mol. The van der Waals surface area contributed by atoms with Gasteiger partial charge in [0.05, 0.1) is 0 Å². The molecule has 0 saturated carbocycles. The van der Waals surface area contributed by atoms with Crippen LogP contribution in [0.4, 0.5) is 5.82 Å². The molecule has 4 heteroatoms. The van der Waals surface area contributed by atoms with Crippen molar-refractivity contribution in [3.05, 3.63) is 23.9 Å². The van der Waals surface area contributed by atoms with Gasteiger partial charge in [-0.3, -0.25) is 4.79 Å². The van der Waals surface area contributed by atoms with Gasteiger partial charge in [-0.1, -0.05) is 20.8 Å². The first kappa shape index (κ1) is 14.5. The Bertz CT molecular complexity index is 410. The lowest BCUT2D eigenvalue weighted by atomic mass is 9.96. The van der Waals surface area contributed by atoms with Gasteiger partial charge >= 0.3 is 0 Å². The fourth-order valence-corrected chi connectivity index (χ4v) is 1.85. The number of nitrogens with zero attached hydrogens (tertiary/aromatic N) is 2. The van der Waals surface area contributed by atoms with Crippen LogP contribution in [0.2, 0.25) is 0 Å². The second kappa shape index (κ2) is 5.85. The van der Waals surface area contributed by atoms with Gasteiger partial charge in [-0.15, -0.1) is 0 Å². The molecule has 1 rings (SSSR count). The molecule has 0 aliphatic rings. The van der Waals surface area contributed by atoms with E-state index in [1.807, 2.05) is 14.0 Å². The van der Waals surface area contributed by atoms with E-state index in [1.165, 1.54) is 0 Å². The van der Waals surface area contributed by atoms with Gasteiger partial charge in [0, 0.05) is 31.9 Å². The van der Waals surface area contributed by atoms with Crippen LogP contribution in [0, 0.1) is 5.41 Å². The highest BCUT2D eigenvalue weighted by molar-refractivity contribution is 5.94. The highest BCUT2D eigenvalue weighted by Crippen LogP contribution is 2.16. The topological polar surface area (TPSA) is 45.2 Å². The van der Waals surface area contributed by atoms with Crippen LogP contribution in [0.3, 0.4) is 0 Å². The average Bonchev–Trinajstić information content (AvgIpc) is 2.26. The first-order valence-corrected chi connectivity index (χ1v) is 6.29. The zero-order valence-electron chi connectivity index (χ0n) is 11.9. The number of anilines is 1. The first-order chi connectivity index (χ1) is 8.33. The molecule has 0 spiro atoms. The molecule has 1 N–H and O–H groups in total. The number of amides is 1. The largest absolute Gasteiger partial charge is 0.370 e. The van der Waals surface area contributed by atoms with Crippen molar-refractivity contribution >= 4 is 11.7 Å². The Morgan fingerprint density at radius 3 is 2.67 bits per heavy atom. The summed E-state index contributed by atoms with van der Waals surface area (Å²) in [5.41, 5.74) is 0.773. The molecule has 0 bridgehead atoms. The van der Waals surface area contributed by atoms with E-state index in [0.717, 1.165) is 18.9 Å². The third-order valence-corrected chi connectivity index (χ3v) is 2.42. The maximum atomic E-state index is 12.2. The van der Waals surface area contributed by atoms with Crippen molar-refractivity contribution in [2.24, 2.45) is 5.41 Å². The maximum absolute atomic E-state index is 12.2. The molecule has 0 atom stereocenters. The van der Waals surface area contributed by atoms with E-state index in [0.29, 0.717) is 5.56 Å². The number of carbonyl (C=O) groups excluding carboxylic acids is 1.